The van der Waals surface area contributed by atoms with E-state index in [2.05, 4.69) is 10.6 Å². The third-order valence-corrected chi connectivity index (χ3v) is 4.44. The highest BCUT2D eigenvalue weighted by Crippen LogP contribution is 2.37. The van der Waals surface area contributed by atoms with Crippen LogP contribution in [0, 0.1) is 11.8 Å². The van der Waals surface area contributed by atoms with Crippen molar-refractivity contribution in [3.8, 4) is 0 Å². The van der Waals surface area contributed by atoms with E-state index in [-0.39, 0.29) is 37.2 Å². The van der Waals surface area contributed by atoms with Crippen LogP contribution in [0.5, 0.6) is 0 Å². The van der Waals surface area contributed by atoms with Crippen LogP contribution in [0.3, 0.4) is 0 Å². The van der Waals surface area contributed by atoms with E-state index in [1.165, 1.54) is 0 Å². The molecule has 2 N–H and O–H groups in total. The molecule has 0 radical (unpaired) electrons. The van der Waals surface area contributed by atoms with E-state index < -0.39 is 12.1 Å². The minimum Gasteiger partial charge on any atom is -0.353 e. The Kier molecular flexibility index (Phi) is 7.27. The molecule has 0 bridgehead atoms. The van der Waals surface area contributed by atoms with Gasteiger partial charge in [-0.1, -0.05) is 6.42 Å². The van der Waals surface area contributed by atoms with Gasteiger partial charge in [-0.3, -0.25) is 4.79 Å². The molecule has 2 aliphatic rings. The van der Waals surface area contributed by atoms with Crippen LogP contribution in [-0.2, 0) is 4.79 Å². The molecule has 21 heavy (non-hydrogen) atoms. The topological polar surface area (TPSA) is 41.1 Å². The molecule has 1 aliphatic carbocycles. The zero-order valence-corrected chi connectivity index (χ0v) is 12.9. The van der Waals surface area contributed by atoms with Gasteiger partial charge in [0.15, 0.2) is 0 Å². The molecule has 1 heterocycles. The van der Waals surface area contributed by atoms with Crippen molar-refractivity contribution >= 4 is 18.3 Å². The van der Waals surface area contributed by atoms with E-state index in [1.807, 2.05) is 0 Å². The highest BCUT2D eigenvalue weighted by atomic mass is 35.5. The molecule has 2 fully saturated rings. The number of hydrogen-bond donors (Lipinski definition) is 2. The quantitative estimate of drug-likeness (QED) is 0.833. The summed E-state index contributed by atoms with van der Waals surface area (Å²) in [6, 6.07) is -0.301. The highest BCUT2D eigenvalue weighted by molar-refractivity contribution is 5.85. The smallest absolute Gasteiger partial charge is 0.353 e. The lowest BCUT2D eigenvalue weighted by Gasteiger charge is -2.31. The van der Waals surface area contributed by atoms with Gasteiger partial charge < -0.3 is 10.6 Å². The zero-order chi connectivity index (χ0) is 14.6. The van der Waals surface area contributed by atoms with Crippen molar-refractivity contribution in [3.05, 3.63) is 0 Å². The van der Waals surface area contributed by atoms with Crippen LogP contribution in [0.1, 0.15) is 44.9 Å². The Hall–Kier alpha value is -0.490. The Balaban J connectivity index is 0.00000220. The van der Waals surface area contributed by atoms with E-state index in [9.17, 15) is 18.0 Å². The molecule has 3 atom stereocenters. The summed E-state index contributed by atoms with van der Waals surface area (Å²) in [5.74, 6) is -0.805. The summed E-state index contributed by atoms with van der Waals surface area (Å²) in [5.41, 5.74) is 0. The summed E-state index contributed by atoms with van der Waals surface area (Å²) in [7, 11) is 0. The van der Waals surface area contributed by atoms with Crippen molar-refractivity contribution in [1.82, 2.24) is 10.6 Å². The number of rotatable bonds is 4. The first-order valence-corrected chi connectivity index (χ1v) is 7.52. The maximum Gasteiger partial charge on any atom is 0.391 e. The number of hydrogen-bond acceptors (Lipinski definition) is 2. The predicted octanol–water partition coefficient (Wildman–Crippen LogP) is 3.04. The Morgan fingerprint density at radius 3 is 2.62 bits per heavy atom. The lowest BCUT2D eigenvalue weighted by Crippen LogP contribution is -2.41. The second-order valence-corrected chi connectivity index (χ2v) is 6.07. The molecule has 0 aromatic heterocycles. The monoisotopic (exact) mass is 328 g/mol. The van der Waals surface area contributed by atoms with Crippen molar-refractivity contribution in [2.45, 2.75) is 57.2 Å². The molecule has 2 rings (SSSR count). The third-order valence-electron chi connectivity index (χ3n) is 4.44. The average Bonchev–Trinajstić information content (AvgIpc) is 2.89. The van der Waals surface area contributed by atoms with Crippen molar-refractivity contribution < 1.29 is 18.0 Å². The molecule has 0 aromatic carbocycles. The molecular formula is C14H24ClF3N2O. The fourth-order valence-electron chi connectivity index (χ4n) is 3.21. The molecule has 1 saturated heterocycles. The SMILES string of the molecule is Cl.O=C(CCC1CCNC1)NC1CCCC(C(F)(F)F)C1. The molecular weight excluding hydrogens is 305 g/mol. The van der Waals surface area contributed by atoms with Crippen LogP contribution in [0.15, 0.2) is 0 Å². The second-order valence-electron chi connectivity index (χ2n) is 6.07. The molecule has 1 saturated carbocycles. The van der Waals surface area contributed by atoms with E-state index in [0.29, 0.717) is 25.2 Å². The Bertz CT molecular complexity index is 333. The maximum atomic E-state index is 12.7. The molecule has 1 aliphatic heterocycles. The van der Waals surface area contributed by atoms with Gasteiger partial charge in [0.25, 0.3) is 0 Å². The number of alkyl halides is 3. The highest BCUT2D eigenvalue weighted by Gasteiger charge is 2.42. The first-order valence-electron chi connectivity index (χ1n) is 7.52. The largest absolute Gasteiger partial charge is 0.391 e. The van der Waals surface area contributed by atoms with E-state index >= 15 is 0 Å². The number of carbonyl (C=O) groups excluding carboxylic acids is 1. The Morgan fingerprint density at radius 1 is 1.24 bits per heavy atom. The van der Waals surface area contributed by atoms with Crippen molar-refractivity contribution in [2.24, 2.45) is 11.8 Å². The minimum absolute atomic E-state index is 0. The Labute approximate surface area is 129 Å². The number of amides is 1. The minimum atomic E-state index is -4.13. The fourth-order valence-corrected chi connectivity index (χ4v) is 3.21. The summed E-state index contributed by atoms with van der Waals surface area (Å²) in [4.78, 5) is 11.8. The summed E-state index contributed by atoms with van der Waals surface area (Å²) in [6.07, 6.45) is -0.325. The van der Waals surface area contributed by atoms with Gasteiger partial charge in [0.1, 0.15) is 0 Å². The second kappa shape index (κ2) is 8.22. The molecule has 1 amide bonds. The number of halogens is 4. The first kappa shape index (κ1) is 18.6. The molecule has 0 aromatic rings. The van der Waals surface area contributed by atoms with Gasteiger partial charge >= 0.3 is 6.18 Å². The van der Waals surface area contributed by atoms with Crippen LogP contribution < -0.4 is 10.6 Å². The normalized spacial score (nSPS) is 29.8. The molecule has 124 valence electrons. The third kappa shape index (κ3) is 6.02. The predicted molar refractivity (Wildman–Crippen MR) is 77.4 cm³/mol. The first-order chi connectivity index (χ1) is 9.45. The van der Waals surface area contributed by atoms with Gasteiger partial charge in [-0.05, 0) is 51.1 Å². The lowest BCUT2D eigenvalue weighted by atomic mass is 9.85. The van der Waals surface area contributed by atoms with Crippen molar-refractivity contribution in [2.75, 3.05) is 13.1 Å². The maximum absolute atomic E-state index is 12.7. The van der Waals surface area contributed by atoms with Crippen molar-refractivity contribution in [3.63, 3.8) is 0 Å². The number of nitrogens with one attached hydrogen (secondary N) is 2. The fraction of sp³-hybridized carbons (Fsp3) is 0.929. The van der Waals surface area contributed by atoms with Crippen molar-refractivity contribution in [1.29, 1.82) is 0 Å². The summed E-state index contributed by atoms with van der Waals surface area (Å²) < 4.78 is 38.1. The standard InChI is InChI=1S/C14H23F3N2O.ClH/c15-14(16,17)11-2-1-3-12(8-11)19-13(20)5-4-10-6-7-18-9-10;/h10-12,18H,1-9H2,(H,19,20);1H. The summed E-state index contributed by atoms with van der Waals surface area (Å²) in [5, 5.41) is 6.03. The van der Waals surface area contributed by atoms with Crippen LogP contribution in [0.4, 0.5) is 13.2 Å². The van der Waals surface area contributed by atoms with E-state index in [0.717, 1.165) is 25.9 Å². The average molecular weight is 329 g/mol. The van der Waals surface area contributed by atoms with Crippen LogP contribution in [-0.4, -0.2) is 31.2 Å². The van der Waals surface area contributed by atoms with Gasteiger partial charge in [0.2, 0.25) is 5.91 Å². The van der Waals surface area contributed by atoms with Crippen LogP contribution >= 0.6 is 12.4 Å². The van der Waals surface area contributed by atoms with E-state index in [4.69, 9.17) is 0 Å². The Morgan fingerprint density at radius 2 is 2.00 bits per heavy atom. The van der Waals surface area contributed by atoms with Crippen LogP contribution in [0.25, 0.3) is 0 Å². The molecule has 3 nitrogen and oxygen atoms in total. The van der Waals surface area contributed by atoms with Crippen LogP contribution in [0.2, 0.25) is 0 Å². The number of carbonyl (C=O) groups is 1. The summed E-state index contributed by atoms with van der Waals surface area (Å²) >= 11 is 0. The van der Waals surface area contributed by atoms with Gasteiger partial charge in [-0.15, -0.1) is 12.4 Å². The molecule has 7 heteroatoms. The van der Waals surface area contributed by atoms with Gasteiger partial charge in [-0.25, -0.2) is 0 Å². The molecule has 0 spiro atoms. The van der Waals surface area contributed by atoms with Gasteiger partial charge in [0, 0.05) is 12.5 Å². The van der Waals surface area contributed by atoms with Gasteiger partial charge in [-0.2, -0.15) is 13.2 Å². The molecule has 3 unspecified atom stereocenters. The van der Waals surface area contributed by atoms with E-state index in [1.54, 1.807) is 0 Å². The van der Waals surface area contributed by atoms with Gasteiger partial charge in [0.05, 0.1) is 5.92 Å². The zero-order valence-electron chi connectivity index (χ0n) is 12.0. The summed E-state index contributed by atoms with van der Waals surface area (Å²) in [6.45, 7) is 1.95. The lowest BCUT2D eigenvalue weighted by molar-refractivity contribution is -0.184.